The molecule has 0 bridgehead atoms. The van der Waals surface area contributed by atoms with Gasteiger partial charge in [-0.2, -0.15) is 0 Å². The molecule has 0 radical (unpaired) electrons. The zero-order valence-corrected chi connectivity index (χ0v) is 14.7. The topological polar surface area (TPSA) is 37.8 Å². The molecule has 0 aliphatic carbocycles. The molecular weight excluding hydrogens is 326 g/mol. The lowest BCUT2D eigenvalue weighted by Crippen LogP contribution is -2.10. The fourth-order valence-corrected chi connectivity index (χ4v) is 2.64. The van der Waals surface area contributed by atoms with Gasteiger partial charge in [0.05, 0.1) is 0 Å². The SMILES string of the molecule is CCCNc1nc(-c2ccc(Br)cc2)nc(C)c1C(C)C. The predicted molar refractivity (Wildman–Crippen MR) is 92.8 cm³/mol. The molecule has 4 heteroatoms. The van der Waals surface area contributed by atoms with Crippen LogP contribution in [-0.4, -0.2) is 16.5 Å². The third kappa shape index (κ3) is 3.82. The number of benzene rings is 1. The van der Waals surface area contributed by atoms with Gasteiger partial charge in [-0.05, 0) is 31.4 Å². The number of aromatic nitrogens is 2. The highest BCUT2D eigenvalue weighted by atomic mass is 79.9. The van der Waals surface area contributed by atoms with E-state index in [1.807, 2.05) is 24.3 Å². The molecule has 1 heterocycles. The molecule has 21 heavy (non-hydrogen) atoms. The van der Waals surface area contributed by atoms with Crippen molar-refractivity contribution in [3.63, 3.8) is 0 Å². The highest BCUT2D eigenvalue weighted by Gasteiger charge is 2.15. The summed E-state index contributed by atoms with van der Waals surface area (Å²) in [4.78, 5) is 9.45. The van der Waals surface area contributed by atoms with E-state index in [2.05, 4.69) is 48.9 Å². The summed E-state index contributed by atoms with van der Waals surface area (Å²) in [6.45, 7) is 9.52. The monoisotopic (exact) mass is 347 g/mol. The van der Waals surface area contributed by atoms with Crippen molar-refractivity contribution >= 4 is 21.7 Å². The minimum atomic E-state index is 0.406. The Morgan fingerprint density at radius 1 is 1.14 bits per heavy atom. The molecule has 2 rings (SSSR count). The van der Waals surface area contributed by atoms with E-state index < -0.39 is 0 Å². The lowest BCUT2D eigenvalue weighted by Gasteiger charge is -2.17. The van der Waals surface area contributed by atoms with Crippen molar-refractivity contribution in [3.8, 4) is 11.4 Å². The van der Waals surface area contributed by atoms with Crippen molar-refractivity contribution < 1.29 is 0 Å². The van der Waals surface area contributed by atoms with Gasteiger partial charge in [0.2, 0.25) is 0 Å². The van der Waals surface area contributed by atoms with E-state index in [0.29, 0.717) is 5.92 Å². The molecule has 0 aliphatic heterocycles. The van der Waals surface area contributed by atoms with Gasteiger partial charge in [0.25, 0.3) is 0 Å². The van der Waals surface area contributed by atoms with Crippen LogP contribution in [0.25, 0.3) is 11.4 Å². The van der Waals surface area contributed by atoms with Crippen LogP contribution in [0.3, 0.4) is 0 Å². The number of nitrogens with zero attached hydrogens (tertiary/aromatic N) is 2. The number of nitrogens with one attached hydrogen (secondary N) is 1. The van der Waals surface area contributed by atoms with Gasteiger partial charge in [-0.1, -0.05) is 48.8 Å². The summed E-state index contributed by atoms with van der Waals surface area (Å²) in [5.41, 5.74) is 3.30. The zero-order chi connectivity index (χ0) is 15.4. The van der Waals surface area contributed by atoms with Crippen LogP contribution in [0.15, 0.2) is 28.7 Å². The summed E-state index contributed by atoms with van der Waals surface area (Å²) in [5.74, 6) is 2.16. The molecule has 0 saturated heterocycles. The van der Waals surface area contributed by atoms with Crippen LogP contribution in [0.5, 0.6) is 0 Å². The third-order valence-electron chi connectivity index (χ3n) is 3.36. The molecule has 112 valence electrons. The third-order valence-corrected chi connectivity index (χ3v) is 3.89. The molecule has 0 amide bonds. The average Bonchev–Trinajstić information content (AvgIpc) is 2.44. The Balaban J connectivity index is 2.48. The number of anilines is 1. The molecular formula is C17H22BrN3. The summed E-state index contributed by atoms with van der Waals surface area (Å²) >= 11 is 3.46. The molecule has 2 aromatic rings. The van der Waals surface area contributed by atoms with Crippen molar-refractivity contribution in [1.29, 1.82) is 0 Å². The van der Waals surface area contributed by atoms with E-state index in [1.54, 1.807) is 0 Å². The van der Waals surface area contributed by atoms with Crippen molar-refractivity contribution in [2.24, 2.45) is 0 Å². The first-order chi connectivity index (χ1) is 10.0. The van der Waals surface area contributed by atoms with Crippen molar-refractivity contribution in [1.82, 2.24) is 9.97 Å². The molecule has 1 N–H and O–H groups in total. The van der Waals surface area contributed by atoms with Crippen LogP contribution in [0.1, 0.15) is 44.4 Å². The summed E-state index contributed by atoms with van der Waals surface area (Å²) in [7, 11) is 0. The second-order valence-electron chi connectivity index (χ2n) is 5.48. The van der Waals surface area contributed by atoms with Gasteiger partial charge in [0.1, 0.15) is 5.82 Å². The van der Waals surface area contributed by atoms with E-state index in [9.17, 15) is 0 Å². The Labute approximate surface area is 135 Å². The summed E-state index contributed by atoms with van der Waals surface area (Å²) < 4.78 is 1.06. The molecule has 1 aromatic heterocycles. The number of aryl methyl sites for hydroxylation is 1. The van der Waals surface area contributed by atoms with Gasteiger partial charge in [-0.25, -0.2) is 9.97 Å². The molecule has 0 aliphatic rings. The number of hydrogen-bond acceptors (Lipinski definition) is 3. The van der Waals surface area contributed by atoms with Crippen LogP contribution in [0.4, 0.5) is 5.82 Å². The Hall–Kier alpha value is -1.42. The van der Waals surface area contributed by atoms with Gasteiger partial charge < -0.3 is 5.32 Å². The minimum absolute atomic E-state index is 0.406. The zero-order valence-electron chi connectivity index (χ0n) is 13.1. The maximum atomic E-state index is 4.75. The van der Waals surface area contributed by atoms with Gasteiger partial charge >= 0.3 is 0 Å². The molecule has 0 unspecified atom stereocenters. The summed E-state index contributed by atoms with van der Waals surface area (Å²) in [6, 6.07) is 8.11. The lowest BCUT2D eigenvalue weighted by atomic mass is 10.0. The highest BCUT2D eigenvalue weighted by Crippen LogP contribution is 2.28. The number of hydrogen-bond donors (Lipinski definition) is 1. The van der Waals surface area contributed by atoms with E-state index in [-0.39, 0.29) is 0 Å². The average molecular weight is 348 g/mol. The fraction of sp³-hybridized carbons (Fsp3) is 0.412. The largest absolute Gasteiger partial charge is 0.370 e. The Morgan fingerprint density at radius 3 is 2.38 bits per heavy atom. The summed E-state index contributed by atoms with van der Waals surface area (Å²) in [5, 5.41) is 3.45. The molecule has 0 saturated carbocycles. The van der Waals surface area contributed by atoms with Gasteiger partial charge in [0, 0.05) is 27.8 Å². The molecule has 3 nitrogen and oxygen atoms in total. The maximum absolute atomic E-state index is 4.75. The smallest absolute Gasteiger partial charge is 0.161 e. The van der Waals surface area contributed by atoms with Gasteiger partial charge in [-0.15, -0.1) is 0 Å². The maximum Gasteiger partial charge on any atom is 0.161 e. The molecule has 0 fully saturated rings. The second kappa shape index (κ2) is 7.03. The summed E-state index contributed by atoms with van der Waals surface area (Å²) in [6.07, 6.45) is 1.08. The first-order valence-corrected chi connectivity index (χ1v) is 8.20. The normalized spacial score (nSPS) is 11.0. The lowest BCUT2D eigenvalue weighted by molar-refractivity contribution is 0.826. The van der Waals surface area contributed by atoms with E-state index in [4.69, 9.17) is 9.97 Å². The van der Waals surface area contributed by atoms with E-state index >= 15 is 0 Å². The van der Waals surface area contributed by atoms with E-state index in [0.717, 1.165) is 40.3 Å². The Kier molecular flexibility index (Phi) is 5.34. The molecule has 0 spiro atoms. The first kappa shape index (κ1) is 16.0. The van der Waals surface area contributed by atoms with Crippen LogP contribution in [0, 0.1) is 6.92 Å². The predicted octanol–water partition coefficient (Wildman–Crippen LogP) is 5.16. The molecule has 0 atom stereocenters. The van der Waals surface area contributed by atoms with Crippen LogP contribution in [0.2, 0.25) is 0 Å². The van der Waals surface area contributed by atoms with Crippen molar-refractivity contribution in [3.05, 3.63) is 40.0 Å². The second-order valence-corrected chi connectivity index (χ2v) is 6.40. The van der Waals surface area contributed by atoms with Gasteiger partial charge in [0.15, 0.2) is 5.82 Å². The van der Waals surface area contributed by atoms with Crippen LogP contribution < -0.4 is 5.32 Å². The Morgan fingerprint density at radius 2 is 1.81 bits per heavy atom. The first-order valence-electron chi connectivity index (χ1n) is 7.41. The number of halogens is 1. The highest BCUT2D eigenvalue weighted by molar-refractivity contribution is 9.10. The minimum Gasteiger partial charge on any atom is -0.370 e. The standard InChI is InChI=1S/C17H22BrN3/c1-5-10-19-17-15(11(2)3)12(4)20-16(21-17)13-6-8-14(18)9-7-13/h6-9,11H,5,10H2,1-4H3,(H,19,20,21). The van der Waals surface area contributed by atoms with E-state index in [1.165, 1.54) is 5.56 Å². The van der Waals surface area contributed by atoms with Crippen molar-refractivity contribution in [2.75, 3.05) is 11.9 Å². The van der Waals surface area contributed by atoms with Crippen molar-refractivity contribution in [2.45, 2.75) is 40.0 Å². The van der Waals surface area contributed by atoms with Gasteiger partial charge in [-0.3, -0.25) is 0 Å². The fourth-order valence-electron chi connectivity index (χ4n) is 2.38. The van der Waals surface area contributed by atoms with Crippen LogP contribution in [-0.2, 0) is 0 Å². The van der Waals surface area contributed by atoms with Crippen LogP contribution >= 0.6 is 15.9 Å². The quantitative estimate of drug-likeness (QED) is 0.811. The Bertz CT molecular complexity index is 606. The number of rotatable bonds is 5. The molecule has 1 aromatic carbocycles.